The maximum absolute atomic E-state index is 12.0. The molecule has 0 aliphatic carbocycles. The molecule has 3 fully saturated rings. The molecule has 3 aliphatic heterocycles. The molecule has 3 aromatic rings. The van der Waals surface area contributed by atoms with Crippen molar-refractivity contribution in [3.05, 3.63) is 83.9 Å². The minimum Gasteiger partial charge on any atom is -0.497 e. The van der Waals surface area contributed by atoms with Gasteiger partial charge in [-0.2, -0.15) is 0 Å². The Morgan fingerprint density at radius 1 is 1.20 bits per heavy atom. The van der Waals surface area contributed by atoms with Crippen molar-refractivity contribution in [3.63, 3.8) is 0 Å². The van der Waals surface area contributed by atoms with Gasteiger partial charge in [-0.25, -0.2) is 0 Å². The fourth-order valence-corrected chi connectivity index (χ4v) is 6.71. The van der Waals surface area contributed by atoms with E-state index in [9.17, 15) is 15.2 Å². The molecule has 3 saturated heterocycles. The van der Waals surface area contributed by atoms with Crippen LogP contribution >= 0.6 is 0 Å². The molecular formula is C30H37N3O6Y. The summed E-state index contributed by atoms with van der Waals surface area (Å²) in [4.78, 5) is 15.8. The molecule has 5 unspecified atom stereocenters. The number of aromatic nitrogens is 1. The first-order valence-electron chi connectivity index (χ1n) is 12.8. The van der Waals surface area contributed by atoms with Gasteiger partial charge < -0.3 is 31.2 Å². The quantitative estimate of drug-likeness (QED) is 0.114. The van der Waals surface area contributed by atoms with Crippen LogP contribution in [0.3, 0.4) is 0 Å². The largest absolute Gasteiger partial charge is 0.497 e. The van der Waals surface area contributed by atoms with Crippen LogP contribution in [-0.2, 0) is 39.3 Å². The summed E-state index contributed by atoms with van der Waals surface area (Å²) in [5.41, 5.74) is 2.24. The topological polar surface area (TPSA) is 104 Å². The van der Waals surface area contributed by atoms with E-state index in [0.717, 1.165) is 42.4 Å². The first kappa shape index (κ1) is 31.9. The minimum absolute atomic E-state index is 0. The SMILES string of the molecule is C=CC1C[N+]2(Cc3cc([N+](=O)[O-])cc(OC)c3OC)CCC1CC2C(O)c1ccnc2ccc(OC)cc12.[CH3-].[Y]. The zero-order chi connectivity index (χ0) is 27.0. The van der Waals surface area contributed by atoms with Gasteiger partial charge in [0.1, 0.15) is 24.4 Å². The van der Waals surface area contributed by atoms with E-state index < -0.39 is 11.0 Å². The van der Waals surface area contributed by atoms with Gasteiger partial charge in [0.05, 0.1) is 56.5 Å². The summed E-state index contributed by atoms with van der Waals surface area (Å²) in [5, 5.41) is 24.6. The predicted molar refractivity (Wildman–Crippen MR) is 150 cm³/mol. The molecule has 4 heterocycles. The molecule has 3 aliphatic rings. The Balaban J connectivity index is 0.00000220. The van der Waals surface area contributed by atoms with Crippen LogP contribution in [-0.4, -0.2) is 60.0 Å². The van der Waals surface area contributed by atoms with E-state index in [1.165, 1.54) is 13.2 Å². The number of pyridine rings is 1. The van der Waals surface area contributed by atoms with Gasteiger partial charge in [-0.3, -0.25) is 15.1 Å². The van der Waals surface area contributed by atoms with Crippen molar-refractivity contribution < 1.29 is 61.4 Å². The number of benzene rings is 2. The number of fused-ring (bicyclic) bond motifs is 4. The van der Waals surface area contributed by atoms with E-state index in [1.54, 1.807) is 26.5 Å². The van der Waals surface area contributed by atoms with Crippen LogP contribution in [0.5, 0.6) is 17.2 Å². The number of piperidine rings is 3. The van der Waals surface area contributed by atoms with E-state index in [-0.39, 0.29) is 51.9 Å². The summed E-state index contributed by atoms with van der Waals surface area (Å²) in [6.07, 6.45) is 4.80. The predicted octanol–water partition coefficient (Wildman–Crippen LogP) is 5.26. The van der Waals surface area contributed by atoms with Crippen molar-refractivity contribution in [2.24, 2.45) is 11.8 Å². The van der Waals surface area contributed by atoms with Gasteiger partial charge in [-0.05, 0) is 35.7 Å². The summed E-state index contributed by atoms with van der Waals surface area (Å²) < 4.78 is 17.2. The van der Waals surface area contributed by atoms with Crippen LogP contribution < -0.4 is 14.2 Å². The number of nitrogens with zero attached hydrogens (tertiary/aromatic N) is 3. The van der Waals surface area contributed by atoms with Crippen LogP contribution in [0.25, 0.3) is 10.9 Å². The number of non-ortho nitro benzene ring substituents is 1. The molecule has 6 rings (SSSR count). The molecule has 2 bridgehead atoms. The van der Waals surface area contributed by atoms with Crippen molar-refractivity contribution >= 4 is 16.6 Å². The number of aliphatic hydroxyl groups excluding tert-OH is 1. The Bertz CT molecular complexity index is 1390. The van der Waals surface area contributed by atoms with Crippen molar-refractivity contribution in [1.82, 2.24) is 4.98 Å². The van der Waals surface area contributed by atoms with Crippen LogP contribution in [0.2, 0.25) is 0 Å². The first-order valence-corrected chi connectivity index (χ1v) is 12.8. The van der Waals surface area contributed by atoms with E-state index in [2.05, 4.69) is 11.6 Å². The van der Waals surface area contributed by atoms with Crippen LogP contribution in [0.4, 0.5) is 5.69 Å². The Morgan fingerprint density at radius 3 is 2.62 bits per heavy atom. The Hall–Kier alpha value is -2.59. The van der Waals surface area contributed by atoms with E-state index in [1.807, 2.05) is 30.3 Å². The summed E-state index contributed by atoms with van der Waals surface area (Å²) in [6, 6.07) is 10.4. The molecule has 0 spiro atoms. The Labute approximate surface area is 260 Å². The second-order valence-electron chi connectivity index (χ2n) is 10.4. The number of quaternary nitrogens is 1. The summed E-state index contributed by atoms with van der Waals surface area (Å²) in [5.74, 6) is 2.24. The number of hydrogen-bond acceptors (Lipinski definition) is 7. The summed E-state index contributed by atoms with van der Waals surface area (Å²) >= 11 is 0. The fourth-order valence-electron chi connectivity index (χ4n) is 6.71. The fraction of sp³-hybridized carbons (Fsp3) is 0.400. The van der Waals surface area contributed by atoms with E-state index >= 15 is 0 Å². The van der Waals surface area contributed by atoms with Gasteiger partial charge in [-0.1, -0.05) is 6.08 Å². The average Bonchev–Trinajstić information content (AvgIpc) is 2.95. The molecular weight excluding hydrogens is 587 g/mol. The number of hydrogen-bond donors (Lipinski definition) is 1. The third-order valence-corrected chi connectivity index (χ3v) is 8.58. The van der Waals surface area contributed by atoms with Crippen molar-refractivity contribution in [2.45, 2.75) is 31.5 Å². The summed E-state index contributed by atoms with van der Waals surface area (Å²) in [7, 11) is 4.65. The number of nitro groups is 1. The molecule has 40 heavy (non-hydrogen) atoms. The Morgan fingerprint density at radius 2 is 1.98 bits per heavy atom. The monoisotopic (exact) mass is 624 g/mol. The zero-order valence-electron chi connectivity index (χ0n) is 23.6. The number of methoxy groups -OCH3 is 3. The molecule has 1 N–H and O–H groups in total. The molecule has 5 atom stereocenters. The van der Waals surface area contributed by atoms with Gasteiger partial charge in [0.25, 0.3) is 5.69 Å². The van der Waals surface area contributed by atoms with Crippen molar-refractivity contribution in [2.75, 3.05) is 34.4 Å². The smallest absolute Gasteiger partial charge is 0.273 e. The van der Waals surface area contributed by atoms with Gasteiger partial charge in [0.2, 0.25) is 0 Å². The van der Waals surface area contributed by atoms with E-state index in [4.69, 9.17) is 14.2 Å². The molecule has 0 saturated carbocycles. The molecule has 10 heteroatoms. The maximum Gasteiger partial charge on any atom is 0.273 e. The Kier molecular flexibility index (Phi) is 10.3. The van der Waals surface area contributed by atoms with Crippen molar-refractivity contribution in [1.29, 1.82) is 0 Å². The molecule has 0 amide bonds. The van der Waals surface area contributed by atoms with Gasteiger partial charge in [0.15, 0.2) is 11.5 Å². The normalized spacial score (nSPS) is 23.9. The minimum atomic E-state index is -0.771. The molecule has 211 valence electrons. The number of aliphatic hydroxyl groups is 1. The number of ether oxygens (including phenoxy) is 3. The first-order chi connectivity index (χ1) is 18.3. The molecule has 2 aromatic carbocycles. The van der Waals surface area contributed by atoms with Crippen LogP contribution in [0.1, 0.15) is 30.1 Å². The van der Waals surface area contributed by atoms with Gasteiger partial charge in [0, 0.05) is 69.1 Å². The molecule has 9 nitrogen and oxygen atoms in total. The maximum atomic E-state index is 12.0. The number of nitro benzene ring substituents is 1. The van der Waals surface area contributed by atoms with Gasteiger partial charge >= 0.3 is 0 Å². The third-order valence-electron chi connectivity index (χ3n) is 8.58. The van der Waals surface area contributed by atoms with Crippen LogP contribution in [0, 0.1) is 29.4 Å². The molecule has 1 aromatic heterocycles. The number of rotatable bonds is 9. The van der Waals surface area contributed by atoms with Crippen molar-refractivity contribution in [3.8, 4) is 17.2 Å². The molecule has 1 radical (unpaired) electrons. The zero-order valence-corrected chi connectivity index (χ0v) is 26.4. The summed E-state index contributed by atoms with van der Waals surface area (Å²) in [6.45, 7) is 6.20. The average molecular weight is 625 g/mol. The van der Waals surface area contributed by atoms with Gasteiger partial charge in [-0.15, -0.1) is 6.58 Å². The van der Waals surface area contributed by atoms with E-state index in [0.29, 0.717) is 45.7 Å². The van der Waals surface area contributed by atoms with Crippen LogP contribution in [0.15, 0.2) is 55.3 Å². The second-order valence-corrected chi connectivity index (χ2v) is 10.4. The standard InChI is InChI=1S/C29H34N3O6.CH3.Y/c1-5-18-16-32(17-20-12-21(31(34)35)14-27(37-3)29(20)38-4)11-9-19(18)13-26(32)28(33)23-8-10-30-25-7-6-22(36-2)15-24(23)25;;/h5-8,10,12,14-15,18-19,26,28,33H,1,9,11,13,16-17H2,2-4H3;1H3;/q+1;-1;. The third kappa shape index (κ3) is 5.62. The second kappa shape index (κ2) is 12.9.